The molecule has 0 N–H and O–H groups in total. The molecule has 0 atom stereocenters. The Kier molecular flexibility index (Phi) is 9.35. The Hall–Kier alpha value is -1.28. The molecule has 0 heterocycles. The van der Waals surface area contributed by atoms with E-state index in [1.54, 1.807) is 0 Å². The molecule has 0 aliphatic rings. The molecule has 0 saturated heterocycles. The van der Waals surface area contributed by atoms with Gasteiger partial charge >= 0.3 is 24.2 Å². The van der Waals surface area contributed by atoms with E-state index in [9.17, 15) is 35.5 Å². The van der Waals surface area contributed by atoms with E-state index in [4.69, 9.17) is 0 Å². The second-order valence-corrected chi connectivity index (χ2v) is 5.44. The minimum absolute atomic E-state index is 0.0163. The molecule has 0 saturated carbocycles. The number of carbonyl (C=O) groups excluding carboxylic acids is 1. The van der Waals surface area contributed by atoms with Crippen LogP contribution in [0.3, 0.4) is 0 Å². The van der Waals surface area contributed by atoms with Crippen LogP contribution < -0.4 is 0 Å². The summed E-state index contributed by atoms with van der Waals surface area (Å²) in [6.07, 6.45) is -8.77. The van der Waals surface area contributed by atoms with Crippen molar-refractivity contribution in [3.05, 3.63) is 12.7 Å². The van der Waals surface area contributed by atoms with Crippen LogP contribution in [0.25, 0.3) is 0 Å². The summed E-state index contributed by atoms with van der Waals surface area (Å²) in [5, 5.41) is 0. The topological polar surface area (TPSA) is 26.3 Å². The summed E-state index contributed by atoms with van der Waals surface area (Å²) in [5.41, 5.74) is 0. The van der Waals surface area contributed by atoms with Crippen LogP contribution >= 0.6 is 0 Å². The first-order valence-electron chi connectivity index (χ1n) is 7.59. The fourth-order valence-electron chi connectivity index (χ4n) is 1.94. The normalized spacial score (nSPS) is 13.0. The Morgan fingerprint density at radius 3 is 1.62 bits per heavy atom. The predicted octanol–water partition coefficient (Wildman–Crippen LogP) is 6.02. The Morgan fingerprint density at radius 2 is 1.21 bits per heavy atom. The summed E-state index contributed by atoms with van der Waals surface area (Å²) < 4.78 is 91.9. The van der Waals surface area contributed by atoms with Gasteiger partial charge in [0.1, 0.15) is 0 Å². The summed E-state index contributed by atoms with van der Waals surface area (Å²) in [6, 6.07) is 0. The summed E-state index contributed by atoms with van der Waals surface area (Å²) in [7, 11) is 0. The van der Waals surface area contributed by atoms with Gasteiger partial charge in [-0.05, 0) is 12.8 Å². The molecule has 0 unspecified atom stereocenters. The fourth-order valence-corrected chi connectivity index (χ4v) is 1.94. The van der Waals surface area contributed by atoms with E-state index in [2.05, 4.69) is 11.3 Å². The highest BCUT2D eigenvalue weighted by Crippen LogP contribution is 2.39. The Morgan fingerprint density at radius 1 is 0.792 bits per heavy atom. The number of rotatable bonds is 12. The lowest BCUT2D eigenvalue weighted by molar-refractivity contribution is -0.330. The average Bonchev–Trinajstić information content (AvgIpc) is 2.43. The lowest BCUT2D eigenvalue weighted by Crippen LogP contribution is -2.44. The van der Waals surface area contributed by atoms with E-state index >= 15 is 0 Å². The van der Waals surface area contributed by atoms with Crippen LogP contribution in [0.4, 0.5) is 30.7 Å². The van der Waals surface area contributed by atoms with E-state index in [0.717, 1.165) is 0 Å². The van der Waals surface area contributed by atoms with Gasteiger partial charge in [-0.3, -0.25) is 0 Å². The number of unbranched alkanes of at least 4 members (excludes halogenated alkanes) is 6. The second-order valence-electron chi connectivity index (χ2n) is 5.44. The van der Waals surface area contributed by atoms with Crippen molar-refractivity contribution in [2.24, 2.45) is 0 Å². The molecule has 0 spiro atoms. The van der Waals surface area contributed by atoms with Gasteiger partial charge in [0, 0.05) is 18.9 Å². The maximum absolute atomic E-state index is 13.3. The third kappa shape index (κ3) is 9.77. The minimum atomic E-state index is -4.91. The molecule has 142 valence electrons. The van der Waals surface area contributed by atoms with Gasteiger partial charge < -0.3 is 4.74 Å². The number of ether oxygens (including phenoxy) is 1. The van der Waals surface area contributed by atoms with Crippen molar-refractivity contribution >= 4 is 5.97 Å². The molecular formula is C15H21F7O2. The maximum Gasteiger partial charge on any atom is 0.466 e. The van der Waals surface area contributed by atoms with Crippen LogP contribution in [0.1, 0.15) is 57.8 Å². The standard InChI is InChI=1S/C15H21F7O2/c1-2-12(23)24-15(21,22)13(16,17)10-8-6-4-3-5-7-9-11-14(18,19)20/h2H,1,3-11H2. The smallest absolute Gasteiger partial charge is 0.393 e. The van der Waals surface area contributed by atoms with Gasteiger partial charge in [-0.25, -0.2) is 4.79 Å². The maximum atomic E-state index is 13.3. The number of halogens is 7. The van der Waals surface area contributed by atoms with Gasteiger partial charge in [-0.1, -0.05) is 38.7 Å². The van der Waals surface area contributed by atoms with Crippen molar-refractivity contribution in [2.45, 2.75) is 76.0 Å². The van der Waals surface area contributed by atoms with E-state index < -0.39 is 37.0 Å². The van der Waals surface area contributed by atoms with Gasteiger partial charge in [-0.15, -0.1) is 0 Å². The summed E-state index contributed by atoms with van der Waals surface area (Å²) >= 11 is 0. The van der Waals surface area contributed by atoms with E-state index in [1.165, 1.54) is 0 Å². The van der Waals surface area contributed by atoms with Crippen molar-refractivity contribution in [2.75, 3.05) is 0 Å². The van der Waals surface area contributed by atoms with Crippen molar-refractivity contribution < 1.29 is 40.3 Å². The number of esters is 1. The van der Waals surface area contributed by atoms with Gasteiger partial charge in [0.25, 0.3) is 0 Å². The summed E-state index contributed by atoms with van der Waals surface area (Å²) in [4.78, 5) is 10.6. The van der Waals surface area contributed by atoms with Crippen LogP contribution in [0, 0.1) is 0 Å². The van der Waals surface area contributed by atoms with Crippen LogP contribution in [0.5, 0.6) is 0 Å². The van der Waals surface area contributed by atoms with Crippen molar-refractivity contribution in [3.63, 3.8) is 0 Å². The molecule has 0 rings (SSSR count). The fraction of sp³-hybridized carbons (Fsp3) is 0.800. The van der Waals surface area contributed by atoms with Crippen molar-refractivity contribution in [1.82, 2.24) is 0 Å². The van der Waals surface area contributed by atoms with Crippen molar-refractivity contribution in [1.29, 1.82) is 0 Å². The molecule has 2 nitrogen and oxygen atoms in total. The van der Waals surface area contributed by atoms with Gasteiger partial charge in [0.2, 0.25) is 0 Å². The molecule has 0 aromatic rings. The van der Waals surface area contributed by atoms with Crippen LogP contribution in [-0.2, 0) is 9.53 Å². The number of hydrogen-bond donors (Lipinski definition) is 0. The lowest BCUT2D eigenvalue weighted by atomic mass is 10.0. The molecule has 0 fully saturated rings. The third-order valence-electron chi connectivity index (χ3n) is 3.27. The highest BCUT2D eigenvalue weighted by Gasteiger charge is 2.59. The molecule has 0 amide bonds. The molecule has 9 heteroatoms. The molecule has 24 heavy (non-hydrogen) atoms. The van der Waals surface area contributed by atoms with E-state index in [1.807, 2.05) is 0 Å². The molecule has 0 aliphatic heterocycles. The molecular weight excluding hydrogens is 345 g/mol. The van der Waals surface area contributed by atoms with Gasteiger partial charge in [-0.2, -0.15) is 30.7 Å². The van der Waals surface area contributed by atoms with Crippen molar-refractivity contribution in [3.8, 4) is 0 Å². The lowest BCUT2D eigenvalue weighted by Gasteiger charge is -2.25. The monoisotopic (exact) mass is 366 g/mol. The number of hydrogen-bond acceptors (Lipinski definition) is 2. The third-order valence-corrected chi connectivity index (χ3v) is 3.27. The van der Waals surface area contributed by atoms with E-state index in [-0.39, 0.29) is 19.3 Å². The van der Waals surface area contributed by atoms with Crippen LogP contribution in [0.15, 0.2) is 12.7 Å². The minimum Gasteiger partial charge on any atom is -0.393 e. The van der Waals surface area contributed by atoms with E-state index in [0.29, 0.717) is 31.8 Å². The highest BCUT2D eigenvalue weighted by atomic mass is 19.4. The summed E-state index contributed by atoms with van der Waals surface area (Å²) in [5.74, 6) is -6.13. The Balaban J connectivity index is 3.86. The Labute approximate surface area is 136 Å². The molecule has 0 bridgehead atoms. The van der Waals surface area contributed by atoms with Gasteiger partial charge in [0.15, 0.2) is 0 Å². The molecule has 0 aromatic carbocycles. The molecule has 0 aliphatic carbocycles. The number of alkyl halides is 7. The average molecular weight is 366 g/mol. The first-order valence-corrected chi connectivity index (χ1v) is 7.59. The highest BCUT2D eigenvalue weighted by molar-refractivity contribution is 5.81. The Bertz CT molecular complexity index is 392. The predicted molar refractivity (Wildman–Crippen MR) is 73.8 cm³/mol. The number of carbonyl (C=O) groups is 1. The first kappa shape index (κ1) is 22.7. The quantitative estimate of drug-likeness (QED) is 0.183. The van der Waals surface area contributed by atoms with Gasteiger partial charge in [0.05, 0.1) is 0 Å². The zero-order valence-corrected chi connectivity index (χ0v) is 13.1. The second kappa shape index (κ2) is 9.88. The zero-order chi connectivity index (χ0) is 18.9. The van der Waals surface area contributed by atoms with Crippen LogP contribution in [-0.4, -0.2) is 24.2 Å². The SMILES string of the molecule is C=CC(=O)OC(F)(F)C(F)(F)CCCCCCCCCC(F)(F)F. The summed E-state index contributed by atoms with van der Waals surface area (Å²) in [6.45, 7) is 2.84. The first-order chi connectivity index (χ1) is 10.9. The van der Waals surface area contributed by atoms with Crippen LogP contribution in [0.2, 0.25) is 0 Å². The molecule has 0 radical (unpaired) electrons. The zero-order valence-electron chi connectivity index (χ0n) is 13.1. The molecule has 0 aromatic heterocycles. The largest absolute Gasteiger partial charge is 0.466 e.